The summed E-state index contributed by atoms with van der Waals surface area (Å²) in [6.45, 7) is 2.14. The van der Waals surface area contributed by atoms with Crippen molar-refractivity contribution in [2.24, 2.45) is 0 Å². The van der Waals surface area contributed by atoms with Crippen molar-refractivity contribution < 1.29 is 0 Å². The number of halogens is 1. The van der Waals surface area contributed by atoms with Crippen LogP contribution >= 0.6 is 15.9 Å². The fourth-order valence-electron chi connectivity index (χ4n) is 2.80. The van der Waals surface area contributed by atoms with Crippen LogP contribution in [0.1, 0.15) is 11.1 Å². The molecular formula is C22H19Br. The van der Waals surface area contributed by atoms with Gasteiger partial charge in [-0.2, -0.15) is 0 Å². The number of alkyl halides is 1. The number of hydrogen-bond acceptors (Lipinski definition) is 0. The standard InChI is InChI=1S/C11H9Br.C11H10/c12-8-10-6-3-5-9-4-1-2-7-11(9)10;1-9-5-4-7-10-6-2-3-8-11(9)10/h1-7H,8H2;2-8H,1H3. The van der Waals surface area contributed by atoms with E-state index in [-0.39, 0.29) is 0 Å². The fraction of sp³-hybridized carbons (Fsp3) is 0.0909. The first-order chi connectivity index (χ1) is 11.3. The Kier molecular flexibility index (Phi) is 5.09. The fourth-order valence-corrected chi connectivity index (χ4v) is 3.29. The summed E-state index contributed by atoms with van der Waals surface area (Å²) < 4.78 is 0. The van der Waals surface area contributed by atoms with E-state index < -0.39 is 0 Å². The van der Waals surface area contributed by atoms with Gasteiger partial charge in [-0.25, -0.2) is 0 Å². The Morgan fingerprint density at radius 1 is 0.609 bits per heavy atom. The first kappa shape index (κ1) is 15.8. The van der Waals surface area contributed by atoms with Crippen molar-refractivity contribution in [2.45, 2.75) is 12.3 Å². The topological polar surface area (TPSA) is 0 Å². The Labute approximate surface area is 145 Å². The highest BCUT2D eigenvalue weighted by molar-refractivity contribution is 9.08. The van der Waals surface area contributed by atoms with Gasteiger partial charge in [-0.1, -0.05) is 101 Å². The molecule has 0 radical (unpaired) electrons. The van der Waals surface area contributed by atoms with Crippen LogP contribution in [0.2, 0.25) is 0 Å². The molecule has 23 heavy (non-hydrogen) atoms. The Morgan fingerprint density at radius 3 is 1.78 bits per heavy atom. The minimum atomic E-state index is 0.925. The van der Waals surface area contributed by atoms with Crippen LogP contribution in [0.15, 0.2) is 84.9 Å². The van der Waals surface area contributed by atoms with E-state index in [0.29, 0.717) is 0 Å². The Morgan fingerprint density at radius 2 is 1.13 bits per heavy atom. The summed E-state index contributed by atoms with van der Waals surface area (Å²) in [4.78, 5) is 0. The molecule has 0 fully saturated rings. The molecule has 4 rings (SSSR count). The van der Waals surface area contributed by atoms with Gasteiger partial charge in [0.1, 0.15) is 0 Å². The molecule has 0 unspecified atom stereocenters. The summed E-state index contributed by atoms with van der Waals surface area (Å²) in [7, 11) is 0. The third-order valence-corrected chi connectivity index (χ3v) is 4.64. The third kappa shape index (κ3) is 3.62. The Bertz CT molecular complexity index is 914. The maximum absolute atomic E-state index is 3.48. The zero-order valence-corrected chi connectivity index (χ0v) is 14.8. The number of benzene rings is 4. The van der Waals surface area contributed by atoms with Crippen molar-refractivity contribution in [2.75, 3.05) is 0 Å². The highest BCUT2D eigenvalue weighted by atomic mass is 79.9. The average Bonchev–Trinajstić information content (AvgIpc) is 2.62. The molecule has 0 aliphatic carbocycles. The van der Waals surface area contributed by atoms with Gasteiger partial charge in [0.2, 0.25) is 0 Å². The van der Waals surface area contributed by atoms with E-state index in [1.165, 1.54) is 32.7 Å². The summed E-state index contributed by atoms with van der Waals surface area (Å²) >= 11 is 3.48. The number of fused-ring (bicyclic) bond motifs is 2. The second kappa shape index (κ2) is 7.43. The van der Waals surface area contributed by atoms with Crippen LogP contribution in [0.25, 0.3) is 21.5 Å². The van der Waals surface area contributed by atoms with Gasteiger partial charge in [-0.3, -0.25) is 0 Å². The number of hydrogen-bond donors (Lipinski definition) is 0. The highest BCUT2D eigenvalue weighted by Gasteiger charge is 1.96. The van der Waals surface area contributed by atoms with E-state index in [0.717, 1.165) is 5.33 Å². The van der Waals surface area contributed by atoms with Crippen LogP contribution in [0.4, 0.5) is 0 Å². The van der Waals surface area contributed by atoms with Gasteiger partial charge >= 0.3 is 0 Å². The van der Waals surface area contributed by atoms with Crippen LogP contribution in [-0.4, -0.2) is 0 Å². The lowest BCUT2D eigenvalue weighted by molar-refractivity contribution is 1.49. The molecule has 0 amide bonds. The molecule has 0 nitrogen and oxygen atoms in total. The predicted octanol–water partition coefficient (Wildman–Crippen LogP) is 6.88. The molecule has 1 heteroatoms. The first-order valence-electron chi connectivity index (χ1n) is 7.76. The Hall–Kier alpha value is -2.12. The van der Waals surface area contributed by atoms with Crippen molar-refractivity contribution in [3.8, 4) is 0 Å². The summed E-state index contributed by atoms with van der Waals surface area (Å²) in [6.07, 6.45) is 0. The smallest absolute Gasteiger partial charge is 0.0289 e. The van der Waals surface area contributed by atoms with Crippen LogP contribution in [0.5, 0.6) is 0 Å². The highest BCUT2D eigenvalue weighted by Crippen LogP contribution is 2.20. The number of aryl methyl sites for hydroxylation is 1. The second-order valence-electron chi connectivity index (χ2n) is 5.57. The zero-order chi connectivity index (χ0) is 16.1. The van der Waals surface area contributed by atoms with Gasteiger partial charge in [-0.05, 0) is 39.6 Å². The molecule has 0 heterocycles. The largest absolute Gasteiger partial charge is 0.0876 e. The molecule has 0 atom stereocenters. The molecule has 114 valence electrons. The molecule has 0 aliphatic rings. The minimum absolute atomic E-state index is 0.925. The van der Waals surface area contributed by atoms with E-state index in [2.05, 4.69) is 108 Å². The lowest BCUT2D eigenvalue weighted by Gasteiger charge is -2.01. The number of rotatable bonds is 1. The van der Waals surface area contributed by atoms with Crippen molar-refractivity contribution in [3.05, 3.63) is 96.1 Å². The minimum Gasteiger partial charge on any atom is -0.0876 e. The predicted molar refractivity (Wildman–Crippen MR) is 105 cm³/mol. The van der Waals surface area contributed by atoms with Crippen molar-refractivity contribution in [1.29, 1.82) is 0 Å². The lowest BCUT2D eigenvalue weighted by atomic mass is 10.1. The van der Waals surface area contributed by atoms with Gasteiger partial charge < -0.3 is 0 Å². The average molecular weight is 363 g/mol. The van der Waals surface area contributed by atoms with Gasteiger partial charge in [0, 0.05) is 5.33 Å². The van der Waals surface area contributed by atoms with Crippen LogP contribution < -0.4 is 0 Å². The maximum atomic E-state index is 3.48. The van der Waals surface area contributed by atoms with Crippen molar-refractivity contribution in [1.82, 2.24) is 0 Å². The van der Waals surface area contributed by atoms with Crippen LogP contribution in [-0.2, 0) is 5.33 Å². The second-order valence-corrected chi connectivity index (χ2v) is 6.13. The van der Waals surface area contributed by atoms with Gasteiger partial charge in [0.05, 0.1) is 0 Å². The normalized spacial score (nSPS) is 10.3. The summed E-state index contributed by atoms with van der Waals surface area (Å²) in [5, 5.41) is 6.27. The molecular weight excluding hydrogens is 344 g/mol. The molecule has 0 aromatic heterocycles. The third-order valence-electron chi connectivity index (χ3n) is 4.03. The van der Waals surface area contributed by atoms with Crippen LogP contribution in [0, 0.1) is 6.92 Å². The summed E-state index contributed by atoms with van der Waals surface area (Å²) in [5.41, 5.74) is 2.70. The summed E-state index contributed by atoms with van der Waals surface area (Å²) in [5.74, 6) is 0. The molecule has 0 saturated carbocycles. The molecule has 4 aromatic rings. The molecule has 0 spiro atoms. The molecule has 0 saturated heterocycles. The molecule has 4 aromatic carbocycles. The van der Waals surface area contributed by atoms with Gasteiger partial charge in [0.15, 0.2) is 0 Å². The van der Waals surface area contributed by atoms with E-state index in [4.69, 9.17) is 0 Å². The molecule has 0 N–H and O–H groups in total. The van der Waals surface area contributed by atoms with Gasteiger partial charge in [-0.15, -0.1) is 0 Å². The molecule has 0 bridgehead atoms. The zero-order valence-electron chi connectivity index (χ0n) is 13.2. The Balaban J connectivity index is 0.000000136. The quantitative estimate of drug-likeness (QED) is 0.323. The maximum Gasteiger partial charge on any atom is 0.0289 e. The van der Waals surface area contributed by atoms with Crippen molar-refractivity contribution >= 4 is 37.5 Å². The SMILES string of the molecule is BrCc1cccc2ccccc12.Cc1cccc2ccccc12. The van der Waals surface area contributed by atoms with Crippen LogP contribution in [0.3, 0.4) is 0 Å². The monoisotopic (exact) mass is 362 g/mol. The van der Waals surface area contributed by atoms with Gasteiger partial charge in [0.25, 0.3) is 0 Å². The van der Waals surface area contributed by atoms with Crippen molar-refractivity contribution in [3.63, 3.8) is 0 Å². The van der Waals surface area contributed by atoms with E-state index in [1.807, 2.05) is 0 Å². The molecule has 0 aliphatic heterocycles. The van der Waals surface area contributed by atoms with E-state index in [1.54, 1.807) is 0 Å². The lowest BCUT2D eigenvalue weighted by Crippen LogP contribution is -1.79. The van der Waals surface area contributed by atoms with E-state index >= 15 is 0 Å². The summed E-state index contributed by atoms with van der Waals surface area (Å²) in [6, 6.07) is 29.7. The van der Waals surface area contributed by atoms with E-state index in [9.17, 15) is 0 Å². The first-order valence-corrected chi connectivity index (χ1v) is 8.89.